The van der Waals surface area contributed by atoms with Crippen molar-refractivity contribution in [3.63, 3.8) is 0 Å². The number of carbonyl (C=O) groups is 1. The van der Waals surface area contributed by atoms with Crippen LogP contribution < -0.4 is 4.74 Å². The van der Waals surface area contributed by atoms with Gasteiger partial charge in [-0.25, -0.2) is 4.68 Å². The van der Waals surface area contributed by atoms with Gasteiger partial charge in [-0.05, 0) is 74.3 Å². The summed E-state index contributed by atoms with van der Waals surface area (Å²) in [6.07, 6.45) is 0. The van der Waals surface area contributed by atoms with E-state index in [1.54, 1.807) is 23.9 Å². The van der Waals surface area contributed by atoms with Gasteiger partial charge in [0.1, 0.15) is 11.4 Å². The zero-order valence-electron chi connectivity index (χ0n) is 20.2. The Kier molecular flexibility index (Phi) is 7.85. The summed E-state index contributed by atoms with van der Waals surface area (Å²) in [5.74, 6) is 0.679. The van der Waals surface area contributed by atoms with Crippen LogP contribution in [0.5, 0.6) is 5.75 Å². The third-order valence-electron chi connectivity index (χ3n) is 5.71. The number of hydrogen-bond donors (Lipinski definition) is 0. The van der Waals surface area contributed by atoms with Gasteiger partial charge in [-0.15, -0.1) is 0 Å². The molecule has 0 atom stereocenters. The Labute approximate surface area is 211 Å². The van der Waals surface area contributed by atoms with Crippen LogP contribution in [-0.4, -0.2) is 59.8 Å². The monoisotopic (exact) mass is 488 g/mol. The molecular formula is C28H29ClN4O2. The maximum absolute atomic E-state index is 14.0. The molecule has 0 saturated heterocycles. The van der Waals surface area contributed by atoms with E-state index >= 15 is 0 Å². The number of ether oxygens (including phenoxy) is 1. The summed E-state index contributed by atoms with van der Waals surface area (Å²) in [7, 11) is 5.64. The van der Waals surface area contributed by atoms with E-state index in [0.29, 0.717) is 29.5 Å². The number of likely N-dealkylation sites (N-methyl/N-ethyl adjacent to an activating group) is 1. The molecule has 0 unspecified atom stereocenters. The summed E-state index contributed by atoms with van der Waals surface area (Å²) in [6, 6.07) is 26.9. The molecule has 0 saturated carbocycles. The molecule has 4 rings (SSSR count). The van der Waals surface area contributed by atoms with Crippen molar-refractivity contribution < 1.29 is 9.53 Å². The standard InChI is InChI=1S/C28H29ClN4O2/c1-31(2)17-18-32(20-21-7-5-4-6-8-21)28(34)27-19-26(22-9-15-25(35-3)16-10-22)30-33(27)24-13-11-23(29)12-14-24/h4-16,19H,17-18,20H2,1-3H3. The van der Waals surface area contributed by atoms with Gasteiger partial charge < -0.3 is 14.5 Å². The van der Waals surface area contributed by atoms with E-state index in [1.165, 1.54) is 0 Å². The molecule has 180 valence electrons. The third kappa shape index (κ3) is 6.10. The van der Waals surface area contributed by atoms with Crippen molar-refractivity contribution in [2.45, 2.75) is 6.54 Å². The second-order valence-corrected chi connectivity index (χ2v) is 8.98. The van der Waals surface area contributed by atoms with Crippen LogP contribution in [0.4, 0.5) is 0 Å². The summed E-state index contributed by atoms with van der Waals surface area (Å²) >= 11 is 6.12. The number of aromatic nitrogens is 2. The lowest BCUT2D eigenvalue weighted by Gasteiger charge is -2.25. The smallest absolute Gasteiger partial charge is 0.272 e. The minimum Gasteiger partial charge on any atom is -0.497 e. The fourth-order valence-corrected chi connectivity index (χ4v) is 3.88. The summed E-state index contributed by atoms with van der Waals surface area (Å²) in [5.41, 5.74) is 3.94. The lowest BCUT2D eigenvalue weighted by molar-refractivity contribution is 0.0722. The predicted molar refractivity (Wildman–Crippen MR) is 140 cm³/mol. The van der Waals surface area contributed by atoms with Gasteiger partial charge in [0.05, 0.1) is 18.5 Å². The molecule has 0 aliphatic carbocycles. The molecule has 0 fully saturated rings. The van der Waals surface area contributed by atoms with E-state index in [9.17, 15) is 4.79 Å². The second kappa shape index (κ2) is 11.2. The molecule has 1 amide bonds. The van der Waals surface area contributed by atoms with Crippen molar-refractivity contribution in [1.29, 1.82) is 0 Å². The first-order valence-corrected chi connectivity index (χ1v) is 11.8. The number of methoxy groups -OCH3 is 1. The van der Waals surface area contributed by atoms with Crippen LogP contribution in [0.1, 0.15) is 16.1 Å². The van der Waals surface area contributed by atoms with E-state index in [1.807, 2.05) is 91.8 Å². The van der Waals surface area contributed by atoms with Crippen molar-refractivity contribution in [3.05, 3.63) is 101 Å². The number of amides is 1. The summed E-state index contributed by atoms with van der Waals surface area (Å²) in [5, 5.41) is 5.44. The van der Waals surface area contributed by atoms with Crippen LogP contribution in [0.2, 0.25) is 5.02 Å². The van der Waals surface area contributed by atoms with Crippen molar-refractivity contribution in [2.24, 2.45) is 0 Å². The van der Waals surface area contributed by atoms with E-state index in [2.05, 4.69) is 4.90 Å². The third-order valence-corrected chi connectivity index (χ3v) is 5.96. The lowest BCUT2D eigenvalue weighted by atomic mass is 10.1. The number of carbonyl (C=O) groups excluding carboxylic acids is 1. The molecule has 3 aromatic carbocycles. The van der Waals surface area contributed by atoms with Crippen LogP contribution >= 0.6 is 11.6 Å². The van der Waals surface area contributed by atoms with Crippen molar-refractivity contribution in [3.8, 4) is 22.7 Å². The van der Waals surface area contributed by atoms with Gasteiger partial charge in [-0.3, -0.25) is 4.79 Å². The maximum Gasteiger partial charge on any atom is 0.272 e. The number of hydrogen-bond acceptors (Lipinski definition) is 4. The molecule has 0 spiro atoms. The van der Waals surface area contributed by atoms with Gasteiger partial charge in [-0.2, -0.15) is 5.10 Å². The van der Waals surface area contributed by atoms with E-state index in [4.69, 9.17) is 21.4 Å². The Balaban J connectivity index is 1.75. The maximum atomic E-state index is 14.0. The molecule has 7 heteroatoms. The minimum absolute atomic E-state index is 0.0853. The SMILES string of the molecule is COc1ccc(-c2cc(C(=O)N(CCN(C)C)Cc3ccccc3)n(-c3ccc(Cl)cc3)n2)cc1. The fraction of sp³-hybridized carbons (Fsp3) is 0.214. The largest absolute Gasteiger partial charge is 0.497 e. The van der Waals surface area contributed by atoms with Gasteiger partial charge in [0.2, 0.25) is 0 Å². The van der Waals surface area contributed by atoms with Gasteiger partial charge >= 0.3 is 0 Å². The van der Waals surface area contributed by atoms with Gasteiger partial charge in [0.25, 0.3) is 5.91 Å². The quantitative estimate of drug-likeness (QED) is 0.316. The predicted octanol–water partition coefficient (Wildman–Crippen LogP) is 5.41. The average molecular weight is 489 g/mol. The van der Waals surface area contributed by atoms with E-state index < -0.39 is 0 Å². The van der Waals surface area contributed by atoms with Crippen molar-refractivity contribution in [2.75, 3.05) is 34.3 Å². The molecule has 1 heterocycles. The minimum atomic E-state index is -0.0853. The summed E-state index contributed by atoms with van der Waals surface area (Å²) in [4.78, 5) is 17.9. The Morgan fingerprint density at radius 3 is 2.26 bits per heavy atom. The van der Waals surface area contributed by atoms with Crippen LogP contribution in [-0.2, 0) is 6.54 Å². The molecule has 0 bridgehead atoms. The Morgan fingerprint density at radius 2 is 1.63 bits per heavy atom. The highest BCUT2D eigenvalue weighted by atomic mass is 35.5. The highest BCUT2D eigenvalue weighted by molar-refractivity contribution is 6.30. The molecule has 0 aliphatic rings. The fourth-order valence-electron chi connectivity index (χ4n) is 3.75. The Bertz CT molecular complexity index is 1250. The summed E-state index contributed by atoms with van der Waals surface area (Å²) in [6.45, 7) is 1.85. The normalized spacial score (nSPS) is 11.0. The first-order valence-electron chi connectivity index (χ1n) is 11.4. The van der Waals surface area contributed by atoms with Gasteiger partial charge in [-0.1, -0.05) is 41.9 Å². The number of halogens is 1. The molecule has 0 N–H and O–H groups in total. The van der Waals surface area contributed by atoms with Crippen LogP contribution in [0.25, 0.3) is 16.9 Å². The van der Waals surface area contributed by atoms with Crippen molar-refractivity contribution in [1.82, 2.24) is 19.6 Å². The molecule has 4 aromatic rings. The zero-order valence-corrected chi connectivity index (χ0v) is 20.9. The Hall–Kier alpha value is -3.61. The second-order valence-electron chi connectivity index (χ2n) is 8.55. The molecule has 6 nitrogen and oxygen atoms in total. The zero-order chi connectivity index (χ0) is 24.8. The van der Waals surface area contributed by atoms with Crippen LogP contribution in [0, 0.1) is 0 Å². The van der Waals surface area contributed by atoms with Gasteiger partial charge in [0, 0.05) is 30.2 Å². The number of rotatable bonds is 9. The molecule has 35 heavy (non-hydrogen) atoms. The molecule has 0 aliphatic heterocycles. The highest BCUT2D eigenvalue weighted by Gasteiger charge is 2.23. The van der Waals surface area contributed by atoms with E-state index in [-0.39, 0.29) is 5.91 Å². The van der Waals surface area contributed by atoms with Crippen LogP contribution in [0.3, 0.4) is 0 Å². The summed E-state index contributed by atoms with van der Waals surface area (Å²) < 4.78 is 6.98. The van der Waals surface area contributed by atoms with Crippen LogP contribution in [0.15, 0.2) is 84.9 Å². The van der Waals surface area contributed by atoms with Gasteiger partial charge in [0.15, 0.2) is 0 Å². The lowest BCUT2D eigenvalue weighted by Crippen LogP contribution is -2.37. The molecule has 1 aromatic heterocycles. The molecular weight excluding hydrogens is 460 g/mol. The average Bonchev–Trinajstić information content (AvgIpc) is 3.32. The number of benzene rings is 3. The Morgan fingerprint density at radius 1 is 0.943 bits per heavy atom. The first kappa shape index (κ1) is 24.5. The molecule has 0 radical (unpaired) electrons. The number of nitrogens with zero attached hydrogens (tertiary/aromatic N) is 4. The highest BCUT2D eigenvalue weighted by Crippen LogP contribution is 2.26. The topological polar surface area (TPSA) is 50.6 Å². The van der Waals surface area contributed by atoms with Crippen molar-refractivity contribution >= 4 is 17.5 Å². The van der Waals surface area contributed by atoms with E-state index in [0.717, 1.165) is 29.1 Å². The first-order chi connectivity index (χ1) is 16.9.